The molecule has 1 amide bonds. The first-order valence-corrected chi connectivity index (χ1v) is 7.51. The molecule has 0 unspecified atom stereocenters. The van der Waals surface area contributed by atoms with Gasteiger partial charge in [0.2, 0.25) is 0 Å². The highest BCUT2D eigenvalue weighted by molar-refractivity contribution is 7.91. The molecule has 0 aromatic heterocycles. The van der Waals surface area contributed by atoms with Crippen molar-refractivity contribution >= 4 is 21.6 Å². The summed E-state index contributed by atoms with van der Waals surface area (Å²) < 4.78 is 22.3. The smallest absolute Gasteiger partial charge is 0.316 e. The highest BCUT2D eigenvalue weighted by Gasteiger charge is 2.29. The molecule has 0 bridgehead atoms. The van der Waals surface area contributed by atoms with Crippen molar-refractivity contribution in [1.82, 2.24) is 5.32 Å². The standard InChI is InChI=1S/C10H16N2O4S/c1-7(8-2-3-8)12-16-10(13)11-9-4-5-17(14,15)6-9/h8-9H,2-6H2,1H3,(H,11,13)/b12-7+/t9-/m1/s1. The summed E-state index contributed by atoms with van der Waals surface area (Å²) in [4.78, 5) is 16.0. The van der Waals surface area contributed by atoms with Crippen LogP contribution in [0.1, 0.15) is 26.2 Å². The molecule has 2 rings (SSSR count). The van der Waals surface area contributed by atoms with Crippen LogP contribution in [0, 0.1) is 5.92 Å². The van der Waals surface area contributed by atoms with Crippen LogP contribution >= 0.6 is 0 Å². The van der Waals surface area contributed by atoms with Crippen molar-refractivity contribution in [2.45, 2.75) is 32.2 Å². The van der Waals surface area contributed by atoms with Gasteiger partial charge in [0.25, 0.3) is 0 Å². The van der Waals surface area contributed by atoms with Gasteiger partial charge in [0.05, 0.1) is 17.2 Å². The second-order valence-electron chi connectivity index (χ2n) is 4.63. The molecule has 2 aliphatic rings. The Morgan fingerprint density at radius 3 is 2.59 bits per heavy atom. The molecule has 1 heterocycles. The third-order valence-corrected chi connectivity index (χ3v) is 4.76. The molecule has 96 valence electrons. The van der Waals surface area contributed by atoms with E-state index in [0.717, 1.165) is 18.6 Å². The summed E-state index contributed by atoms with van der Waals surface area (Å²) in [5, 5.41) is 6.22. The van der Waals surface area contributed by atoms with Crippen LogP contribution in [0.4, 0.5) is 4.79 Å². The Balaban J connectivity index is 1.76. The number of carbonyl (C=O) groups is 1. The number of nitrogens with zero attached hydrogens (tertiary/aromatic N) is 1. The van der Waals surface area contributed by atoms with Crippen LogP contribution in [-0.4, -0.2) is 37.8 Å². The monoisotopic (exact) mass is 260 g/mol. The maximum Gasteiger partial charge on any atom is 0.433 e. The molecule has 0 spiro atoms. The average Bonchev–Trinajstić information content (AvgIpc) is 3.02. The van der Waals surface area contributed by atoms with Gasteiger partial charge >= 0.3 is 6.09 Å². The van der Waals surface area contributed by atoms with Crippen LogP contribution in [0.2, 0.25) is 0 Å². The quantitative estimate of drug-likeness (QED) is 0.459. The maximum atomic E-state index is 11.3. The minimum absolute atomic E-state index is 0.00653. The van der Waals surface area contributed by atoms with E-state index in [-0.39, 0.29) is 17.5 Å². The van der Waals surface area contributed by atoms with Crippen molar-refractivity contribution in [3.63, 3.8) is 0 Å². The summed E-state index contributed by atoms with van der Waals surface area (Å²) in [7, 11) is -2.98. The fourth-order valence-corrected chi connectivity index (χ4v) is 3.46. The van der Waals surface area contributed by atoms with E-state index in [1.54, 1.807) is 0 Å². The van der Waals surface area contributed by atoms with Gasteiger partial charge in [-0.1, -0.05) is 5.16 Å². The number of carbonyl (C=O) groups excluding carboxylic acids is 1. The molecular formula is C10H16N2O4S. The lowest BCUT2D eigenvalue weighted by atomic mass is 10.3. The fraction of sp³-hybridized carbons (Fsp3) is 0.800. The minimum Gasteiger partial charge on any atom is -0.316 e. The zero-order valence-corrected chi connectivity index (χ0v) is 10.5. The van der Waals surface area contributed by atoms with E-state index >= 15 is 0 Å². The average molecular weight is 260 g/mol. The summed E-state index contributed by atoms with van der Waals surface area (Å²) in [6, 6.07) is -0.344. The molecule has 1 saturated carbocycles. The Morgan fingerprint density at radius 1 is 1.35 bits per heavy atom. The van der Waals surface area contributed by atoms with Gasteiger partial charge in [-0.05, 0) is 26.2 Å². The van der Waals surface area contributed by atoms with Crippen molar-refractivity contribution < 1.29 is 18.0 Å². The van der Waals surface area contributed by atoms with Crippen LogP contribution in [0.15, 0.2) is 5.16 Å². The van der Waals surface area contributed by atoms with Gasteiger partial charge in [-0.15, -0.1) is 0 Å². The second kappa shape index (κ2) is 4.64. The van der Waals surface area contributed by atoms with Crippen LogP contribution in [0.25, 0.3) is 0 Å². The molecule has 0 radical (unpaired) electrons. The normalized spacial score (nSPS) is 27.8. The van der Waals surface area contributed by atoms with Crippen molar-refractivity contribution in [2.24, 2.45) is 11.1 Å². The molecule has 17 heavy (non-hydrogen) atoms. The van der Waals surface area contributed by atoms with Gasteiger partial charge in [0.1, 0.15) is 0 Å². The maximum absolute atomic E-state index is 11.3. The second-order valence-corrected chi connectivity index (χ2v) is 6.86. The summed E-state index contributed by atoms with van der Waals surface area (Å²) in [5.74, 6) is 0.574. The van der Waals surface area contributed by atoms with E-state index in [4.69, 9.17) is 0 Å². The summed E-state index contributed by atoms with van der Waals surface area (Å²) in [6.07, 6.45) is 1.97. The Labute approximate surface area is 100 Å². The number of sulfone groups is 1. The van der Waals surface area contributed by atoms with Gasteiger partial charge < -0.3 is 5.32 Å². The molecule has 2 fully saturated rings. The lowest BCUT2D eigenvalue weighted by molar-refractivity contribution is 0.147. The van der Waals surface area contributed by atoms with E-state index in [1.807, 2.05) is 6.92 Å². The lowest BCUT2D eigenvalue weighted by Gasteiger charge is -2.08. The van der Waals surface area contributed by atoms with Crippen LogP contribution in [0.3, 0.4) is 0 Å². The topological polar surface area (TPSA) is 84.8 Å². The predicted octanol–water partition coefficient (Wildman–Crippen LogP) is 0.686. The Hall–Kier alpha value is -1.11. The molecule has 1 N–H and O–H groups in total. The third kappa shape index (κ3) is 3.69. The molecule has 0 aromatic carbocycles. The molecule has 1 saturated heterocycles. The number of hydrogen-bond donors (Lipinski definition) is 1. The summed E-state index contributed by atoms with van der Waals surface area (Å²) >= 11 is 0. The molecule has 1 aliphatic heterocycles. The molecule has 1 atom stereocenters. The SMILES string of the molecule is C/C(=N\OC(=O)N[C@@H]1CCS(=O)(=O)C1)C1CC1. The number of amides is 1. The Morgan fingerprint density at radius 2 is 2.06 bits per heavy atom. The van der Waals surface area contributed by atoms with E-state index in [0.29, 0.717) is 12.3 Å². The first kappa shape index (κ1) is 12.3. The van der Waals surface area contributed by atoms with Crippen molar-refractivity contribution in [3.05, 3.63) is 0 Å². The molecule has 1 aliphatic carbocycles. The van der Waals surface area contributed by atoms with Gasteiger partial charge in [0.15, 0.2) is 9.84 Å². The van der Waals surface area contributed by atoms with Crippen molar-refractivity contribution in [3.8, 4) is 0 Å². The number of hydrogen-bond acceptors (Lipinski definition) is 5. The molecular weight excluding hydrogens is 244 g/mol. The number of nitrogens with one attached hydrogen (secondary N) is 1. The molecule has 0 aromatic rings. The fourth-order valence-electron chi connectivity index (χ4n) is 1.79. The van der Waals surface area contributed by atoms with E-state index in [9.17, 15) is 13.2 Å². The Kier molecular flexibility index (Phi) is 3.37. The van der Waals surface area contributed by atoms with Crippen LogP contribution < -0.4 is 5.32 Å². The van der Waals surface area contributed by atoms with Crippen LogP contribution in [-0.2, 0) is 14.7 Å². The molecule has 6 nitrogen and oxygen atoms in total. The third-order valence-electron chi connectivity index (χ3n) is 3.00. The van der Waals surface area contributed by atoms with Gasteiger partial charge in [0, 0.05) is 12.0 Å². The highest BCUT2D eigenvalue weighted by Crippen LogP contribution is 2.30. The van der Waals surface area contributed by atoms with E-state index < -0.39 is 15.9 Å². The summed E-state index contributed by atoms with van der Waals surface area (Å²) in [6.45, 7) is 1.82. The highest BCUT2D eigenvalue weighted by atomic mass is 32.2. The number of oxime groups is 1. The first-order valence-electron chi connectivity index (χ1n) is 5.69. The van der Waals surface area contributed by atoms with E-state index in [1.165, 1.54) is 0 Å². The minimum atomic E-state index is -2.98. The van der Waals surface area contributed by atoms with Gasteiger partial charge in [-0.2, -0.15) is 0 Å². The summed E-state index contributed by atoms with van der Waals surface area (Å²) in [5.41, 5.74) is 0.819. The largest absolute Gasteiger partial charge is 0.433 e. The zero-order valence-electron chi connectivity index (χ0n) is 9.68. The van der Waals surface area contributed by atoms with Crippen LogP contribution in [0.5, 0.6) is 0 Å². The number of rotatable bonds is 3. The first-order chi connectivity index (χ1) is 7.96. The van der Waals surface area contributed by atoms with Crippen molar-refractivity contribution in [1.29, 1.82) is 0 Å². The van der Waals surface area contributed by atoms with Gasteiger partial charge in [-0.3, -0.25) is 4.84 Å². The van der Waals surface area contributed by atoms with Crippen molar-refractivity contribution in [2.75, 3.05) is 11.5 Å². The zero-order chi connectivity index (χ0) is 12.5. The Bertz CT molecular complexity index is 439. The van der Waals surface area contributed by atoms with Gasteiger partial charge in [-0.25, -0.2) is 13.2 Å². The lowest BCUT2D eigenvalue weighted by Crippen LogP contribution is -2.35. The predicted molar refractivity (Wildman–Crippen MR) is 62.5 cm³/mol. The molecule has 7 heteroatoms. The van der Waals surface area contributed by atoms with E-state index in [2.05, 4.69) is 15.3 Å².